The molecule has 0 bridgehead atoms. The zero-order chi connectivity index (χ0) is 18.2. The lowest BCUT2D eigenvalue weighted by Gasteiger charge is -2.36. The standard InChI is InChI=1S/C21H28N4OS/c26-21(24-11-12-27-15-24)19-13-18(14-22-19)23-8-6-17(7-9-23)25-10-5-16-3-1-2-4-20(16)25/h1-5,10,17-19,22H,6-9,11-15H2/t18-,19-/m0/s1. The number of likely N-dealkylation sites (tertiary alicyclic amines) is 1. The van der Waals surface area contributed by atoms with Crippen molar-refractivity contribution in [3.05, 3.63) is 36.5 Å². The van der Waals surface area contributed by atoms with Gasteiger partial charge in [-0.1, -0.05) is 18.2 Å². The van der Waals surface area contributed by atoms with Crippen LogP contribution in [-0.4, -0.2) is 70.2 Å². The summed E-state index contributed by atoms with van der Waals surface area (Å²) in [5.74, 6) is 2.28. The third-order valence-electron chi connectivity index (χ3n) is 6.51. The number of carbonyl (C=O) groups excluding carboxylic acids is 1. The number of nitrogens with one attached hydrogen (secondary N) is 1. The second-order valence-electron chi connectivity index (χ2n) is 8.04. The van der Waals surface area contributed by atoms with Crippen LogP contribution in [0.4, 0.5) is 0 Å². The van der Waals surface area contributed by atoms with E-state index in [1.807, 2.05) is 16.7 Å². The molecular formula is C21H28N4OS. The molecule has 2 aromatic rings. The van der Waals surface area contributed by atoms with Gasteiger partial charge in [-0.2, -0.15) is 0 Å². The Hall–Kier alpha value is -1.50. The Morgan fingerprint density at radius 1 is 1.07 bits per heavy atom. The molecule has 6 heteroatoms. The van der Waals surface area contributed by atoms with Crippen molar-refractivity contribution in [1.82, 2.24) is 19.7 Å². The molecule has 5 nitrogen and oxygen atoms in total. The molecule has 144 valence electrons. The predicted molar refractivity (Wildman–Crippen MR) is 111 cm³/mol. The van der Waals surface area contributed by atoms with Gasteiger partial charge in [0.05, 0.1) is 11.9 Å². The second kappa shape index (κ2) is 7.49. The monoisotopic (exact) mass is 384 g/mol. The number of aromatic nitrogens is 1. The molecular weight excluding hydrogens is 356 g/mol. The fourth-order valence-electron chi connectivity index (χ4n) is 4.94. The first-order valence-electron chi connectivity index (χ1n) is 10.2. The number of hydrogen-bond acceptors (Lipinski definition) is 4. The van der Waals surface area contributed by atoms with Crippen LogP contribution in [0, 0.1) is 0 Å². The zero-order valence-electron chi connectivity index (χ0n) is 15.7. The molecule has 0 saturated carbocycles. The van der Waals surface area contributed by atoms with Crippen molar-refractivity contribution in [2.24, 2.45) is 0 Å². The largest absolute Gasteiger partial charge is 0.344 e. The SMILES string of the molecule is O=C([C@@H]1C[C@H](N2CCC(n3ccc4ccccc43)CC2)CN1)N1CCSC1. The van der Waals surface area contributed by atoms with Gasteiger partial charge in [0.1, 0.15) is 0 Å². The summed E-state index contributed by atoms with van der Waals surface area (Å²) in [6.07, 6.45) is 5.61. The van der Waals surface area contributed by atoms with Gasteiger partial charge in [0, 0.05) is 55.7 Å². The molecule has 1 amide bonds. The third-order valence-corrected chi connectivity index (χ3v) is 7.47. The topological polar surface area (TPSA) is 40.5 Å². The molecule has 1 N–H and O–H groups in total. The van der Waals surface area contributed by atoms with Gasteiger partial charge < -0.3 is 14.8 Å². The van der Waals surface area contributed by atoms with Gasteiger partial charge in [-0.3, -0.25) is 9.69 Å². The molecule has 5 rings (SSSR count). The number of rotatable bonds is 3. The first kappa shape index (κ1) is 17.6. The normalized spacial score (nSPS) is 27.6. The first-order chi connectivity index (χ1) is 13.3. The van der Waals surface area contributed by atoms with Crippen LogP contribution in [0.5, 0.6) is 0 Å². The number of piperidine rings is 1. The van der Waals surface area contributed by atoms with Crippen LogP contribution in [0.1, 0.15) is 25.3 Å². The molecule has 1 aromatic heterocycles. The summed E-state index contributed by atoms with van der Waals surface area (Å²) in [5, 5.41) is 4.83. The van der Waals surface area contributed by atoms with Gasteiger partial charge in [-0.25, -0.2) is 0 Å². The highest BCUT2D eigenvalue weighted by molar-refractivity contribution is 7.99. The summed E-state index contributed by atoms with van der Waals surface area (Å²) in [6, 6.07) is 12.0. The van der Waals surface area contributed by atoms with Crippen molar-refractivity contribution in [3.63, 3.8) is 0 Å². The highest BCUT2D eigenvalue weighted by Gasteiger charge is 2.37. The summed E-state index contributed by atoms with van der Waals surface area (Å²) >= 11 is 1.86. The van der Waals surface area contributed by atoms with Crippen LogP contribution >= 0.6 is 11.8 Å². The molecule has 0 spiro atoms. The Balaban J connectivity index is 1.18. The van der Waals surface area contributed by atoms with Crippen molar-refractivity contribution >= 4 is 28.6 Å². The highest BCUT2D eigenvalue weighted by atomic mass is 32.2. The Morgan fingerprint density at radius 3 is 2.74 bits per heavy atom. The van der Waals surface area contributed by atoms with Crippen LogP contribution in [0.15, 0.2) is 36.5 Å². The lowest BCUT2D eigenvalue weighted by molar-refractivity contribution is -0.131. The first-order valence-corrected chi connectivity index (χ1v) is 11.3. The van der Waals surface area contributed by atoms with Gasteiger partial charge in [0.25, 0.3) is 0 Å². The summed E-state index contributed by atoms with van der Waals surface area (Å²) in [7, 11) is 0. The van der Waals surface area contributed by atoms with Crippen LogP contribution in [-0.2, 0) is 4.79 Å². The van der Waals surface area contributed by atoms with E-state index in [0.717, 1.165) is 44.2 Å². The number of hydrogen-bond donors (Lipinski definition) is 1. The number of thioether (sulfide) groups is 1. The minimum absolute atomic E-state index is 0.0276. The minimum atomic E-state index is 0.0276. The second-order valence-corrected chi connectivity index (χ2v) is 9.11. The molecule has 0 unspecified atom stereocenters. The summed E-state index contributed by atoms with van der Waals surface area (Å²) < 4.78 is 2.47. The Bertz CT molecular complexity index is 807. The average Bonchev–Trinajstić information content (AvgIpc) is 3.48. The van der Waals surface area contributed by atoms with Gasteiger partial charge in [-0.15, -0.1) is 11.8 Å². The smallest absolute Gasteiger partial charge is 0.240 e. The van der Waals surface area contributed by atoms with Crippen LogP contribution in [0.25, 0.3) is 10.9 Å². The number of para-hydroxylation sites is 1. The van der Waals surface area contributed by atoms with Crippen molar-refractivity contribution < 1.29 is 4.79 Å². The van der Waals surface area contributed by atoms with Crippen molar-refractivity contribution in [2.45, 2.75) is 37.4 Å². The molecule has 4 heterocycles. The van der Waals surface area contributed by atoms with Crippen molar-refractivity contribution in [2.75, 3.05) is 37.8 Å². The Labute approximate surface area is 165 Å². The quantitative estimate of drug-likeness (QED) is 0.883. The Kier molecular flexibility index (Phi) is 4.88. The van der Waals surface area contributed by atoms with Crippen molar-refractivity contribution in [1.29, 1.82) is 0 Å². The highest BCUT2D eigenvalue weighted by Crippen LogP contribution is 2.30. The number of carbonyl (C=O) groups is 1. The number of fused-ring (bicyclic) bond motifs is 1. The third kappa shape index (κ3) is 3.39. The summed E-state index contributed by atoms with van der Waals surface area (Å²) in [4.78, 5) is 17.3. The van der Waals surface area contributed by atoms with Gasteiger partial charge >= 0.3 is 0 Å². The summed E-state index contributed by atoms with van der Waals surface area (Å²) in [6.45, 7) is 4.13. The van der Waals surface area contributed by atoms with E-state index in [1.165, 1.54) is 23.7 Å². The maximum absolute atomic E-state index is 12.6. The number of amides is 1. The summed E-state index contributed by atoms with van der Waals surface area (Å²) in [5.41, 5.74) is 1.35. The maximum atomic E-state index is 12.6. The lowest BCUT2D eigenvalue weighted by Crippen LogP contribution is -2.43. The Morgan fingerprint density at radius 2 is 1.93 bits per heavy atom. The van der Waals surface area contributed by atoms with E-state index in [9.17, 15) is 4.79 Å². The number of benzene rings is 1. The molecule has 3 saturated heterocycles. The lowest BCUT2D eigenvalue weighted by atomic mass is 10.0. The molecule has 3 fully saturated rings. The molecule has 3 aliphatic rings. The molecule has 2 atom stereocenters. The molecule has 3 aliphatic heterocycles. The fraction of sp³-hybridized carbons (Fsp3) is 0.571. The molecule has 0 aliphatic carbocycles. The van der Waals surface area contributed by atoms with Gasteiger partial charge in [-0.05, 0) is 36.8 Å². The van der Waals surface area contributed by atoms with Gasteiger partial charge in [0.15, 0.2) is 0 Å². The number of nitrogens with zero attached hydrogens (tertiary/aromatic N) is 3. The average molecular weight is 385 g/mol. The van der Waals surface area contributed by atoms with E-state index < -0.39 is 0 Å². The van der Waals surface area contributed by atoms with Gasteiger partial charge in [0.2, 0.25) is 5.91 Å². The predicted octanol–water partition coefficient (Wildman–Crippen LogP) is 2.54. The minimum Gasteiger partial charge on any atom is -0.344 e. The van der Waals surface area contributed by atoms with E-state index >= 15 is 0 Å². The van der Waals surface area contributed by atoms with Crippen LogP contribution in [0.3, 0.4) is 0 Å². The van der Waals surface area contributed by atoms with Crippen LogP contribution < -0.4 is 5.32 Å². The van der Waals surface area contributed by atoms with Crippen LogP contribution in [0.2, 0.25) is 0 Å². The molecule has 27 heavy (non-hydrogen) atoms. The van der Waals surface area contributed by atoms with E-state index in [4.69, 9.17) is 0 Å². The zero-order valence-corrected chi connectivity index (χ0v) is 16.5. The van der Waals surface area contributed by atoms with Crippen molar-refractivity contribution in [3.8, 4) is 0 Å². The molecule has 0 radical (unpaired) electrons. The van der Waals surface area contributed by atoms with E-state index in [1.54, 1.807) is 0 Å². The molecule has 1 aromatic carbocycles. The maximum Gasteiger partial charge on any atom is 0.240 e. The fourth-order valence-corrected chi connectivity index (χ4v) is 5.90. The van der Waals surface area contributed by atoms with E-state index in [0.29, 0.717) is 18.0 Å². The van der Waals surface area contributed by atoms with E-state index in [2.05, 4.69) is 51.3 Å². The van der Waals surface area contributed by atoms with E-state index in [-0.39, 0.29) is 6.04 Å².